The van der Waals surface area contributed by atoms with Gasteiger partial charge in [-0.2, -0.15) is 0 Å². The molecule has 0 bridgehead atoms. The highest BCUT2D eigenvalue weighted by Gasteiger charge is 2.46. The molecule has 0 saturated heterocycles. The number of methoxy groups -OCH3 is 2. The van der Waals surface area contributed by atoms with E-state index in [-0.39, 0.29) is 11.5 Å². The summed E-state index contributed by atoms with van der Waals surface area (Å²) in [4.78, 5) is 30.4. The number of anilines is 1. The number of carbonyl (C=O) groups excluding carboxylic acids is 1. The number of H-pyrrole nitrogens is 1. The first-order valence-corrected chi connectivity index (χ1v) is 11.3. The first-order chi connectivity index (χ1) is 14.9. The fourth-order valence-corrected chi connectivity index (χ4v) is 4.64. The van der Waals surface area contributed by atoms with Crippen LogP contribution in [0, 0.1) is 0 Å². The predicted molar refractivity (Wildman–Crippen MR) is 121 cm³/mol. The summed E-state index contributed by atoms with van der Waals surface area (Å²) in [6.07, 6.45) is 1.11. The Bertz CT molecular complexity index is 1250. The van der Waals surface area contributed by atoms with Crippen LogP contribution in [-0.2, 0) is 4.79 Å². The third-order valence-corrected chi connectivity index (χ3v) is 6.33. The fraction of sp³-hybridized carbons (Fsp3) is 0.238. The Morgan fingerprint density at radius 2 is 1.90 bits per heavy atom. The molecule has 8 nitrogen and oxygen atoms in total. The number of benzene rings is 2. The number of hydrogen-bond donors (Lipinski definition) is 1. The molecule has 1 aliphatic heterocycles. The Morgan fingerprint density at radius 1 is 1.23 bits per heavy atom. The van der Waals surface area contributed by atoms with E-state index >= 15 is 0 Å². The molecule has 1 amide bonds. The zero-order chi connectivity index (χ0) is 22.3. The quantitative estimate of drug-likeness (QED) is 0.434. The number of nitrogens with one attached hydrogen (secondary N) is 1. The molecule has 0 aliphatic carbocycles. The molecular weight excluding hydrogens is 484 g/mol. The number of thioether (sulfide) groups is 1. The van der Waals surface area contributed by atoms with Gasteiger partial charge in [0.2, 0.25) is 11.1 Å². The van der Waals surface area contributed by atoms with Crippen molar-refractivity contribution in [2.45, 2.75) is 18.2 Å². The fourth-order valence-electron chi connectivity index (χ4n) is 3.75. The summed E-state index contributed by atoms with van der Waals surface area (Å²) >= 11 is 4.92. The van der Waals surface area contributed by atoms with Crippen LogP contribution >= 0.6 is 27.7 Å². The monoisotopic (exact) mass is 503 g/mol. The number of halogens is 1. The largest absolute Gasteiger partial charge is 0.493 e. The second-order valence-corrected chi connectivity index (χ2v) is 8.41. The molecule has 160 valence electrons. The van der Waals surface area contributed by atoms with Crippen molar-refractivity contribution in [1.29, 1.82) is 0 Å². The van der Waals surface area contributed by atoms with Crippen molar-refractivity contribution in [3.8, 4) is 22.8 Å². The van der Waals surface area contributed by atoms with Gasteiger partial charge in [-0.15, -0.1) is 0 Å². The molecule has 2 heterocycles. The van der Waals surface area contributed by atoms with Gasteiger partial charge in [-0.25, -0.2) is 4.90 Å². The third-order valence-electron chi connectivity index (χ3n) is 5.07. The van der Waals surface area contributed by atoms with Crippen molar-refractivity contribution < 1.29 is 19.0 Å². The zero-order valence-electron chi connectivity index (χ0n) is 17.3. The van der Waals surface area contributed by atoms with Gasteiger partial charge >= 0.3 is 11.3 Å². The Hall–Kier alpha value is -2.85. The number of fused-ring (bicyclic) bond motifs is 3. The van der Waals surface area contributed by atoms with Crippen LogP contribution in [0.15, 0.2) is 50.8 Å². The molecule has 1 aromatic heterocycles. The molecule has 0 spiro atoms. The van der Waals surface area contributed by atoms with Crippen LogP contribution in [0.5, 0.6) is 11.5 Å². The lowest BCUT2D eigenvalue weighted by Gasteiger charge is -2.32. The molecule has 2 aromatic carbocycles. The lowest BCUT2D eigenvalue weighted by molar-refractivity contribution is -0.763. The average Bonchev–Trinajstić information content (AvgIpc) is 2.77. The van der Waals surface area contributed by atoms with Gasteiger partial charge < -0.3 is 9.47 Å². The summed E-state index contributed by atoms with van der Waals surface area (Å²) in [5.74, 6) is 0.850. The second kappa shape index (κ2) is 8.35. The van der Waals surface area contributed by atoms with Crippen LogP contribution in [0.4, 0.5) is 5.69 Å². The highest BCUT2D eigenvalue weighted by molar-refractivity contribution is 9.10. The molecule has 4 rings (SSSR count). The van der Waals surface area contributed by atoms with Crippen LogP contribution in [0.1, 0.15) is 18.7 Å². The van der Waals surface area contributed by atoms with Crippen molar-refractivity contribution in [3.05, 3.63) is 56.8 Å². The van der Waals surface area contributed by atoms with E-state index < -0.39 is 6.17 Å². The first kappa shape index (κ1) is 21.4. The van der Waals surface area contributed by atoms with Gasteiger partial charge in [0, 0.05) is 16.5 Å². The molecule has 31 heavy (non-hydrogen) atoms. The molecular formula is C21H20BrN4O4S+. The van der Waals surface area contributed by atoms with Crippen LogP contribution < -0.4 is 24.6 Å². The lowest BCUT2D eigenvalue weighted by Crippen LogP contribution is -2.60. The van der Waals surface area contributed by atoms with E-state index in [1.54, 1.807) is 35.9 Å². The maximum atomic E-state index is 13.1. The van der Waals surface area contributed by atoms with E-state index in [0.29, 0.717) is 43.6 Å². The van der Waals surface area contributed by atoms with E-state index in [2.05, 4.69) is 26.0 Å². The minimum Gasteiger partial charge on any atom is -0.493 e. The zero-order valence-corrected chi connectivity index (χ0v) is 19.7. The highest BCUT2D eigenvalue weighted by Crippen LogP contribution is 2.42. The highest BCUT2D eigenvalue weighted by atomic mass is 79.9. The minimum atomic E-state index is -0.718. The van der Waals surface area contributed by atoms with Gasteiger partial charge in [0.25, 0.3) is 6.17 Å². The number of para-hydroxylation sites is 1. The summed E-state index contributed by atoms with van der Waals surface area (Å²) in [6, 6.07) is 10.9. The standard InChI is InChI=1S/C21H19BrN4O4S/c1-11(27)25-15-8-6-5-7-12(15)18-19(28)23-21(31-4)24-26(18)20(25)13-9-16(29-2)17(30-3)10-14(13)22/h5-10,20H,1-4H3/p+1/t20-/m1/s1. The molecule has 1 N–H and O–H groups in total. The number of aromatic amines is 1. The van der Waals surface area contributed by atoms with Crippen LogP contribution in [0.2, 0.25) is 0 Å². The van der Waals surface area contributed by atoms with E-state index in [1.807, 2.05) is 30.5 Å². The van der Waals surface area contributed by atoms with Crippen LogP contribution in [0.3, 0.4) is 0 Å². The normalized spacial score (nSPS) is 14.6. The predicted octanol–water partition coefficient (Wildman–Crippen LogP) is 3.14. The summed E-state index contributed by atoms with van der Waals surface area (Å²) in [5.41, 5.74) is 2.05. The number of ether oxygens (including phenoxy) is 2. The maximum absolute atomic E-state index is 13.1. The molecule has 10 heteroatoms. The summed E-state index contributed by atoms with van der Waals surface area (Å²) in [6.45, 7) is 1.49. The van der Waals surface area contributed by atoms with E-state index in [4.69, 9.17) is 9.47 Å². The lowest BCUT2D eigenvalue weighted by atomic mass is 10.0. The van der Waals surface area contributed by atoms with Crippen LogP contribution in [0.25, 0.3) is 11.3 Å². The Kier molecular flexibility index (Phi) is 5.76. The number of aromatic nitrogens is 3. The van der Waals surface area contributed by atoms with Gasteiger partial charge in [0.05, 0.1) is 31.0 Å². The van der Waals surface area contributed by atoms with Gasteiger partial charge in [-0.3, -0.25) is 14.6 Å². The molecule has 0 radical (unpaired) electrons. The number of nitrogens with zero attached hydrogens (tertiary/aromatic N) is 3. The molecule has 1 aliphatic rings. The van der Waals surface area contributed by atoms with Crippen molar-refractivity contribution in [3.63, 3.8) is 0 Å². The molecule has 0 fully saturated rings. The Morgan fingerprint density at radius 3 is 2.55 bits per heavy atom. The van der Waals surface area contributed by atoms with Gasteiger partial charge in [-0.05, 0) is 35.2 Å². The van der Waals surface area contributed by atoms with Crippen molar-refractivity contribution in [2.75, 3.05) is 25.4 Å². The van der Waals surface area contributed by atoms with E-state index in [1.165, 1.54) is 18.7 Å². The second-order valence-electron chi connectivity index (χ2n) is 6.77. The molecule has 0 unspecified atom stereocenters. The number of amides is 1. The summed E-state index contributed by atoms with van der Waals surface area (Å²) in [5, 5.41) is 5.10. The first-order valence-electron chi connectivity index (χ1n) is 9.32. The average molecular weight is 504 g/mol. The summed E-state index contributed by atoms with van der Waals surface area (Å²) < 4.78 is 13.2. The topological polar surface area (TPSA) is 88.4 Å². The number of rotatable bonds is 4. The SMILES string of the molecule is COc1cc(Br)c([C@@H]2N(C(C)=O)c3ccccc3-c3c(=O)[nH]c(SC)n[n+]32)cc1OC. The van der Waals surface area contributed by atoms with E-state index in [0.717, 1.165) is 0 Å². The van der Waals surface area contributed by atoms with Gasteiger partial charge in [-0.1, -0.05) is 39.8 Å². The van der Waals surface area contributed by atoms with E-state index in [9.17, 15) is 9.59 Å². The van der Waals surface area contributed by atoms with Crippen LogP contribution in [-0.4, -0.2) is 36.5 Å². The molecule has 1 atom stereocenters. The Balaban J connectivity index is 2.10. The minimum absolute atomic E-state index is 0.190. The van der Waals surface area contributed by atoms with Crippen molar-refractivity contribution in [2.24, 2.45) is 0 Å². The van der Waals surface area contributed by atoms with Gasteiger partial charge in [0.1, 0.15) is 0 Å². The summed E-state index contributed by atoms with van der Waals surface area (Å²) in [7, 11) is 3.10. The molecule has 3 aromatic rings. The Labute approximate surface area is 191 Å². The molecule has 0 saturated carbocycles. The number of hydrogen-bond acceptors (Lipinski definition) is 6. The van der Waals surface area contributed by atoms with Gasteiger partial charge in [0.15, 0.2) is 11.5 Å². The smallest absolute Gasteiger partial charge is 0.325 e. The maximum Gasteiger partial charge on any atom is 0.325 e. The van der Waals surface area contributed by atoms with Crippen molar-refractivity contribution in [1.82, 2.24) is 10.1 Å². The van der Waals surface area contributed by atoms with Crippen molar-refractivity contribution >= 4 is 39.3 Å². The number of carbonyl (C=O) groups is 1. The third kappa shape index (κ3) is 3.49.